The van der Waals surface area contributed by atoms with Gasteiger partial charge in [0.1, 0.15) is 0 Å². The van der Waals surface area contributed by atoms with E-state index in [1.54, 1.807) is 13.1 Å². The molecule has 2 rings (SSSR count). The maximum Gasteiger partial charge on any atom is 0.159 e. The number of Topliss-reactive ketones (excluding diaryl/α,β-unsaturated/α-hetero) is 1. The van der Waals surface area contributed by atoms with Gasteiger partial charge in [0, 0.05) is 23.4 Å². The minimum atomic E-state index is 0.0795. The van der Waals surface area contributed by atoms with Gasteiger partial charge in [0.25, 0.3) is 0 Å². The average molecular weight is 196 g/mol. The molecule has 2 nitrogen and oxygen atoms in total. The van der Waals surface area contributed by atoms with Gasteiger partial charge in [0.05, 0.1) is 5.69 Å². The molecule has 0 saturated carbocycles. The van der Waals surface area contributed by atoms with Crippen molar-refractivity contribution in [2.45, 2.75) is 6.92 Å². The predicted octanol–water partition coefficient (Wildman–Crippen LogP) is 2.75. The zero-order chi connectivity index (χ0) is 10.7. The van der Waals surface area contributed by atoms with Crippen LogP contribution in [0, 0.1) is 6.07 Å². The van der Waals surface area contributed by atoms with E-state index in [0.29, 0.717) is 0 Å². The van der Waals surface area contributed by atoms with Gasteiger partial charge >= 0.3 is 0 Å². The van der Waals surface area contributed by atoms with Crippen molar-refractivity contribution in [3.05, 3.63) is 54.2 Å². The Morgan fingerprint density at radius 2 is 1.93 bits per heavy atom. The Morgan fingerprint density at radius 3 is 2.47 bits per heavy atom. The quantitative estimate of drug-likeness (QED) is 0.691. The third-order valence-corrected chi connectivity index (χ3v) is 2.20. The molecular weight excluding hydrogens is 186 g/mol. The molecule has 0 amide bonds. The molecule has 0 aliphatic rings. The monoisotopic (exact) mass is 196 g/mol. The van der Waals surface area contributed by atoms with Crippen LogP contribution in [0.25, 0.3) is 11.3 Å². The van der Waals surface area contributed by atoms with Crippen molar-refractivity contribution < 1.29 is 4.79 Å². The van der Waals surface area contributed by atoms with Crippen molar-refractivity contribution >= 4 is 5.78 Å². The van der Waals surface area contributed by atoms with Crippen LogP contribution in [0.5, 0.6) is 0 Å². The Morgan fingerprint density at radius 1 is 1.20 bits per heavy atom. The fourth-order valence-electron chi connectivity index (χ4n) is 1.37. The van der Waals surface area contributed by atoms with E-state index < -0.39 is 0 Å². The maximum atomic E-state index is 11.1. The highest BCUT2D eigenvalue weighted by Crippen LogP contribution is 2.16. The summed E-state index contributed by atoms with van der Waals surface area (Å²) in [6.45, 7) is 1.56. The molecule has 15 heavy (non-hydrogen) atoms. The summed E-state index contributed by atoms with van der Waals surface area (Å²) in [5, 5.41) is 0. The molecule has 1 aromatic heterocycles. The van der Waals surface area contributed by atoms with Gasteiger partial charge in [-0.25, -0.2) is 0 Å². The van der Waals surface area contributed by atoms with Gasteiger partial charge in [-0.15, -0.1) is 0 Å². The predicted molar refractivity (Wildman–Crippen MR) is 58.5 cm³/mol. The van der Waals surface area contributed by atoms with Gasteiger partial charge in [-0.1, -0.05) is 30.3 Å². The summed E-state index contributed by atoms with van der Waals surface area (Å²) >= 11 is 0. The van der Waals surface area contributed by atoms with Crippen LogP contribution in [-0.2, 0) is 0 Å². The first kappa shape index (κ1) is 9.59. The Bertz CT molecular complexity index is 460. The molecule has 2 aromatic rings. The second-order valence-corrected chi connectivity index (χ2v) is 3.28. The standard InChI is InChI=1S/C13H10NO/c1-10(15)11-5-7-12(8-6-11)13-4-2-3-9-14-13/h2,4-9H,1H3. The number of carbonyl (C=O) groups is 1. The molecule has 0 spiro atoms. The van der Waals surface area contributed by atoms with Crippen LogP contribution in [0.4, 0.5) is 0 Å². The average Bonchev–Trinajstić information content (AvgIpc) is 2.30. The van der Waals surface area contributed by atoms with Crippen molar-refractivity contribution in [3.63, 3.8) is 0 Å². The highest BCUT2D eigenvalue weighted by atomic mass is 16.1. The van der Waals surface area contributed by atoms with E-state index in [9.17, 15) is 4.79 Å². The van der Waals surface area contributed by atoms with E-state index in [1.165, 1.54) is 0 Å². The topological polar surface area (TPSA) is 30.0 Å². The molecule has 0 aliphatic heterocycles. The molecule has 0 fully saturated rings. The molecule has 2 heteroatoms. The van der Waals surface area contributed by atoms with Crippen molar-refractivity contribution in [2.75, 3.05) is 0 Å². The first-order chi connectivity index (χ1) is 7.27. The number of nitrogens with zero attached hydrogens (tertiary/aromatic N) is 1. The Labute approximate surface area is 88.6 Å². The zero-order valence-electron chi connectivity index (χ0n) is 8.40. The lowest BCUT2D eigenvalue weighted by molar-refractivity contribution is 0.101. The third kappa shape index (κ3) is 2.10. The van der Waals surface area contributed by atoms with Gasteiger partial charge in [0.2, 0.25) is 0 Å². The van der Waals surface area contributed by atoms with E-state index in [1.807, 2.05) is 36.4 Å². The molecule has 0 saturated heterocycles. The van der Waals surface area contributed by atoms with Crippen molar-refractivity contribution in [1.29, 1.82) is 0 Å². The summed E-state index contributed by atoms with van der Waals surface area (Å²) in [6, 6.07) is 14.0. The lowest BCUT2D eigenvalue weighted by Gasteiger charge is -2.00. The van der Waals surface area contributed by atoms with Gasteiger partial charge in [-0.2, -0.15) is 0 Å². The molecule has 0 atom stereocenters. The van der Waals surface area contributed by atoms with Crippen LogP contribution in [-0.4, -0.2) is 10.8 Å². The van der Waals surface area contributed by atoms with Crippen LogP contribution < -0.4 is 0 Å². The van der Waals surface area contributed by atoms with Gasteiger partial charge < -0.3 is 0 Å². The largest absolute Gasteiger partial charge is 0.295 e. The smallest absolute Gasteiger partial charge is 0.159 e. The van der Waals surface area contributed by atoms with Gasteiger partial charge in [-0.05, 0) is 13.0 Å². The lowest BCUT2D eigenvalue weighted by atomic mass is 10.1. The number of hydrogen-bond acceptors (Lipinski definition) is 2. The molecule has 73 valence electrons. The minimum absolute atomic E-state index is 0.0795. The number of hydrogen-bond donors (Lipinski definition) is 0. The summed E-state index contributed by atoms with van der Waals surface area (Å²) in [7, 11) is 0. The fraction of sp³-hybridized carbons (Fsp3) is 0.0769. The number of carbonyl (C=O) groups excluding carboxylic acids is 1. The van der Waals surface area contributed by atoms with E-state index in [-0.39, 0.29) is 5.78 Å². The summed E-state index contributed by atoms with van der Waals surface area (Å²) in [4.78, 5) is 15.3. The van der Waals surface area contributed by atoms with E-state index in [0.717, 1.165) is 16.8 Å². The Balaban J connectivity index is 2.36. The van der Waals surface area contributed by atoms with Crippen LogP contribution in [0.3, 0.4) is 0 Å². The zero-order valence-corrected chi connectivity index (χ0v) is 8.40. The Kier molecular flexibility index (Phi) is 2.59. The number of aromatic nitrogens is 1. The third-order valence-electron chi connectivity index (χ3n) is 2.20. The normalized spacial score (nSPS) is 9.93. The van der Waals surface area contributed by atoms with E-state index in [4.69, 9.17) is 0 Å². The molecular formula is C13H10NO. The number of pyridine rings is 1. The highest BCUT2D eigenvalue weighted by molar-refractivity contribution is 5.94. The van der Waals surface area contributed by atoms with Crippen molar-refractivity contribution in [1.82, 2.24) is 4.98 Å². The minimum Gasteiger partial charge on any atom is -0.295 e. The fourth-order valence-corrected chi connectivity index (χ4v) is 1.37. The maximum absolute atomic E-state index is 11.1. The van der Waals surface area contributed by atoms with Crippen LogP contribution in [0.1, 0.15) is 17.3 Å². The molecule has 1 aromatic carbocycles. The Hall–Kier alpha value is -1.96. The molecule has 0 unspecified atom stereocenters. The lowest BCUT2D eigenvalue weighted by Crippen LogP contribution is -1.91. The van der Waals surface area contributed by atoms with E-state index >= 15 is 0 Å². The van der Waals surface area contributed by atoms with Crippen molar-refractivity contribution in [2.24, 2.45) is 0 Å². The first-order valence-corrected chi connectivity index (χ1v) is 4.71. The van der Waals surface area contributed by atoms with Gasteiger partial charge in [0.15, 0.2) is 5.78 Å². The van der Waals surface area contributed by atoms with Crippen molar-refractivity contribution in [3.8, 4) is 11.3 Å². The second-order valence-electron chi connectivity index (χ2n) is 3.28. The van der Waals surface area contributed by atoms with Crippen LogP contribution >= 0.6 is 0 Å². The molecule has 0 bridgehead atoms. The van der Waals surface area contributed by atoms with E-state index in [2.05, 4.69) is 11.1 Å². The summed E-state index contributed by atoms with van der Waals surface area (Å²) in [6.07, 6.45) is 1.63. The number of rotatable bonds is 2. The summed E-state index contributed by atoms with van der Waals surface area (Å²) in [5.74, 6) is 0.0795. The second kappa shape index (κ2) is 4.05. The SMILES string of the molecule is CC(=O)c1ccc(-c2cc[c]cn2)cc1. The highest BCUT2D eigenvalue weighted by Gasteiger charge is 2.00. The first-order valence-electron chi connectivity index (χ1n) is 4.71. The van der Waals surface area contributed by atoms with Crippen LogP contribution in [0.2, 0.25) is 0 Å². The molecule has 0 N–H and O–H groups in total. The molecule has 1 radical (unpaired) electrons. The summed E-state index contributed by atoms with van der Waals surface area (Å²) < 4.78 is 0. The molecule has 1 heterocycles. The summed E-state index contributed by atoms with van der Waals surface area (Å²) in [5.41, 5.74) is 2.62. The molecule has 0 aliphatic carbocycles. The van der Waals surface area contributed by atoms with Crippen LogP contribution in [0.15, 0.2) is 42.6 Å². The van der Waals surface area contributed by atoms with Gasteiger partial charge in [-0.3, -0.25) is 9.78 Å². The number of benzene rings is 1. The number of ketones is 1.